The van der Waals surface area contributed by atoms with Gasteiger partial charge < -0.3 is 5.11 Å². The van der Waals surface area contributed by atoms with Crippen LogP contribution in [0.4, 0.5) is 0 Å². The first-order valence-electron chi connectivity index (χ1n) is 6.44. The Morgan fingerprint density at radius 3 is 2.50 bits per heavy atom. The second-order valence-electron chi connectivity index (χ2n) is 4.60. The minimum atomic E-state index is -3.70. The van der Waals surface area contributed by atoms with Crippen LogP contribution in [0.2, 0.25) is 0 Å². The number of hydrogen-bond acceptors (Lipinski definition) is 3. The van der Waals surface area contributed by atoms with Gasteiger partial charge in [0.1, 0.15) is 6.04 Å². The molecule has 1 rings (SSSR count). The van der Waals surface area contributed by atoms with Crippen LogP contribution in [-0.4, -0.2) is 42.4 Å². The van der Waals surface area contributed by atoms with E-state index in [4.69, 9.17) is 5.11 Å². The molecule has 1 aliphatic rings. The minimum absolute atomic E-state index is 0.133. The zero-order valence-corrected chi connectivity index (χ0v) is 11.7. The first-order chi connectivity index (χ1) is 8.42. The van der Waals surface area contributed by atoms with Crippen molar-refractivity contribution in [1.82, 2.24) is 9.03 Å². The molecule has 1 fully saturated rings. The van der Waals surface area contributed by atoms with Gasteiger partial charge in [-0.2, -0.15) is 17.4 Å². The summed E-state index contributed by atoms with van der Waals surface area (Å²) in [4.78, 5) is 11.1. The molecule has 1 unspecified atom stereocenters. The van der Waals surface area contributed by atoms with Gasteiger partial charge in [0.2, 0.25) is 0 Å². The van der Waals surface area contributed by atoms with Crippen molar-refractivity contribution >= 4 is 16.2 Å². The van der Waals surface area contributed by atoms with Crippen LogP contribution >= 0.6 is 0 Å². The van der Waals surface area contributed by atoms with Crippen molar-refractivity contribution in [3.05, 3.63) is 0 Å². The first kappa shape index (κ1) is 15.4. The molecular formula is C11H22N2O4S. The van der Waals surface area contributed by atoms with Gasteiger partial charge in [-0.3, -0.25) is 4.79 Å². The summed E-state index contributed by atoms with van der Waals surface area (Å²) in [5, 5.41) is 9.09. The molecule has 0 bridgehead atoms. The summed E-state index contributed by atoms with van der Waals surface area (Å²) in [6.45, 7) is 4.09. The average Bonchev–Trinajstić information content (AvgIpc) is 2.36. The molecule has 0 aromatic carbocycles. The van der Waals surface area contributed by atoms with Gasteiger partial charge in [-0.25, -0.2) is 0 Å². The van der Waals surface area contributed by atoms with Crippen LogP contribution in [0.15, 0.2) is 0 Å². The summed E-state index contributed by atoms with van der Waals surface area (Å²) in [5.41, 5.74) is 0. The molecule has 2 N–H and O–H groups in total. The van der Waals surface area contributed by atoms with E-state index in [0.29, 0.717) is 25.7 Å². The number of rotatable bonds is 6. The zero-order chi connectivity index (χ0) is 13.8. The van der Waals surface area contributed by atoms with Crippen LogP contribution < -0.4 is 4.72 Å². The molecule has 1 aliphatic heterocycles. The Kier molecular flexibility index (Phi) is 5.55. The molecule has 0 aromatic heterocycles. The highest BCUT2D eigenvalue weighted by atomic mass is 32.2. The van der Waals surface area contributed by atoms with E-state index < -0.39 is 22.2 Å². The standard InChI is InChI=1S/C11H22N2O4S/c1-3-9(4-2)12-18(16,17)13-8-6-5-7-10(13)11(14)15/h9-10,12H,3-8H2,1-2H3,(H,14,15). The molecule has 18 heavy (non-hydrogen) atoms. The molecule has 0 radical (unpaired) electrons. The molecule has 7 heteroatoms. The molecular weight excluding hydrogens is 256 g/mol. The second-order valence-corrected chi connectivity index (χ2v) is 6.25. The van der Waals surface area contributed by atoms with E-state index >= 15 is 0 Å². The third kappa shape index (κ3) is 3.66. The van der Waals surface area contributed by atoms with Crippen LogP contribution in [0, 0.1) is 0 Å². The van der Waals surface area contributed by atoms with Crippen molar-refractivity contribution in [2.45, 2.75) is 58.0 Å². The topological polar surface area (TPSA) is 86.7 Å². The minimum Gasteiger partial charge on any atom is -0.480 e. The third-order valence-corrected chi connectivity index (χ3v) is 5.03. The predicted octanol–water partition coefficient (Wildman–Crippen LogP) is 0.948. The fourth-order valence-corrected chi connectivity index (χ4v) is 3.96. The van der Waals surface area contributed by atoms with Crippen LogP contribution in [0.5, 0.6) is 0 Å². The number of nitrogens with one attached hydrogen (secondary N) is 1. The normalized spacial score (nSPS) is 22.3. The highest BCUT2D eigenvalue weighted by Crippen LogP contribution is 2.20. The van der Waals surface area contributed by atoms with Crippen molar-refractivity contribution in [3.63, 3.8) is 0 Å². The largest absolute Gasteiger partial charge is 0.480 e. The van der Waals surface area contributed by atoms with Gasteiger partial charge in [0.05, 0.1) is 0 Å². The Hall–Kier alpha value is -0.660. The number of aliphatic carboxylic acids is 1. The van der Waals surface area contributed by atoms with Crippen LogP contribution in [0.1, 0.15) is 46.0 Å². The van der Waals surface area contributed by atoms with Crippen LogP contribution in [-0.2, 0) is 15.0 Å². The average molecular weight is 278 g/mol. The Balaban J connectivity index is 2.84. The van der Waals surface area contributed by atoms with E-state index in [0.717, 1.165) is 10.7 Å². The SMILES string of the molecule is CCC(CC)NS(=O)(=O)N1CCCCC1C(=O)O. The quantitative estimate of drug-likeness (QED) is 0.757. The second kappa shape index (κ2) is 6.49. The Morgan fingerprint density at radius 1 is 1.39 bits per heavy atom. The summed E-state index contributed by atoms with van der Waals surface area (Å²) in [5.74, 6) is -1.07. The van der Waals surface area contributed by atoms with E-state index in [2.05, 4.69) is 4.72 Å². The molecule has 1 heterocycles. The lowest BCUT2D eigenvalue weighted by molar-refractivity contribution is -0.142. The summed E-state index contributed by atoms with van der Waals surface area (Å²) < 4.78 is 28.0. The van der Waals surface area contributed by atoms with Gasteiger partial charge in [-0.1, -0.05) is 13.8 Å². The van der Waals surface area contributed by atoms with E-state index in [-0.39, 0.29) is 12.6 Å². The molecule has 0 spiro atoms. The van der Waals surface area contributed by atoms with Gasteiger partial charge in [-0.15, -0.1) is 0 Å². The van der Waals surface area contributed by atoms with Crippen molar-refractivity contribution in [2.75, 3.05) is 6.54 Å². The number of piperidine rings is 1. The van der Waals surface area contributed by atoms with Gasteiger partial charge in [0, 0.05) is 12.6 Å². The maximum Gasteiger partial charge on any atom is 0.322 e. The fourth-order valence-electron chi connectivity index (χ4n) is 2.17. The van der Waals surface area contributed by atoms with Crippen molar-refractivity contribution in [1.29, 1.82) is 0 Å². The van der Waals surface area contributed by atoms with Gasteiger partial charge in [-0.05, 0) is 32.1 Å². The smallest absolute Gasteiger partial charge is 0.322 e. The maximum absolute atomic E-state index is 12.2. The fraction of sp³-hybridized carbons (Fsp3) is 0.909. The van der Waals surface area contributed by atoms with E-state index in [1.165, 1.54) is 0 Å². The summed E-state index contributed by atoms with van der Waals surface area (Å²) >= 11 is 0. The molecule has 0 aromatic rings. The zero-order valence-electron chi connectivity index (χ0n) is 10.9. The van der Waals surface area contributed by atoms with E-state index in [1.807, 2.05) is 13.8 Å². The number of hydrogen-bond donors (Lipinski definition) is 2. The number of carboxylic acids is 1. The molecule has 0 amide bonds. The predicted molar refractivity (Wildman–Crippen MR) is 68.4 cm³/mol. The van der Waals surface area contributed by atoms with Crippen molar-refractivity contribution in [2.24, 2.45) is 0 Å². The summed E-state index contributed by atoms with van der Waals surface area (Å²) in [6, 6.07) is -1.06. The molecule has 106 valence electrons. The highest BCUT2D eigenvalue weighted by Gasteiger charge is 2.37. The number of carboxylic acid groups (broad SMARTS) is 1. The Bertz CT molecular complexity index is 379. The monoisotopic (exact) mass is 278 g/mol. The van der Waals surface area contributed by atoms with Gasteiger partial charge in [0.15, 0.2) is 0 Å². The maximum atomic E-state index is 12.2. The first-order valence-corrected chi connectivity index (χ1v) is 7.88. The van der Waals surface area contributed by atoms with Crippen molar-refractivity contribution in [3.8, 4) is 0 Å². The summed E-state index contributed by atoms with van der Waals surface area (Å²) in [7, 11) is -3.70. The lowest BCUT2D eigenvalue weighted by Crippen LogP contribution is -2.53. The lowest BCUT2D eigenvalue weighted by atomic mass is 10.1. The molecule has 0 saturated carbocycles. The van der Waals surface area contributed by atoms with E-state index in [1.54, 1.807) is 0 Å². The highest BCUT2D eigenvalue weighted by molar-refractivity contribution is 7.87. The third-order valence-electron chi connectivity index (χ3n) is 3.35. The van der Waals surface area contributed by atoms with Crippen LogP contribution in [0.25, 0.3) is 0 Å². The molecule has 6 nitrogen and oxygen atoms in total. The summed E-state index contributed by atoms with van der Waals surface area (Å²) in [6.07, 6.45) is 3.25. The molecule has 1 atom stereocenters. The van der Waals surface area contributed by atoms with E-state index in [9.17, 15) is 13.2 Å². The van der Waals surface area contributed by atoms with Crippen LogP contribution in [0.3, 0.4) is 0 Å². The van der Waals surface area contributed by atoms with Gasteiger partial charge in [0.25, 0.3) is 10.2 Å². The van der Waals surface area contributed by atoms with Crippen molar-refractivity contribution < 1.29 is 18.3 Å². The van der Waals surface area contributed by atoms with Gasteiger partial charge >= 0.3 is 5.97 Å². The lowest BCUT2D eigenvalue weighted by Gasteiger charge is -2.33. The molecule has 0 aliphatic carbocycles. The molecule has 1 saturated heterocycles. The Morgan fingerprint density at radius 2 is 2.00 bits per heavy atom. The number of nitrogens with zero attached hydrogens (tertiary/aromatic N) is 1. The Labute approximate surface area is 109 Å². The number of carbonyl (C=O) groups is 1.